The van der Waals surface area contributed by atoms with Crippen LogP contribution >= 0.6 is 54.5 Å². The van der Waals surface area contributed by atoms with E-state index < -0.39 is 0 Å². The molecule has 3 heteroatoms. The van der Waals surface area contributed by atoms with Crippen molar-refractivity contribution in [1.82, 2.24) is 0 Å². The highest BCUT2D eigenvalue weighted by molar-refractivity contribution is 14.1. The van der Waals surface area contributed by atoms with E-state index >= 15 is 0 Å². The Morgan fingerprint density at radius 2 is 1.82 bits per heavy atom. The van der Waals surface area contributed by atoms with Gasteiger partial charge in [0.2, 0.25) is 0 Å². The fraction of sp³-hybridized carbons (Fsp3) is 0. The van der Waals surface area contributed by atoms with Crippen LogP contribution < -0.4 is 0 Å². The SMILES string of the molecule is Br/C=C(\I)c1ccc(Br)cc1. The Hall–Kier alpha value is 0.650. The molecular weight excluding hydrogens is 383 g/mol. The van der Waals surface area contributed by atoms with Crippen LogP contribution in [0.5, 0.6) is 0 Å². The van der Waals surface area contributed by atoms with E-state index in [0.29, 0.717) is 0 Å². The molecule has 0 saturated carbocycles. The molecule has 0 aromatic heterocycles. The van der Waals surface area contributed by atoms with Gasteiger partial charge >= 0.3 is 0 Å². The van der Waals surface area contributed by atoms with E-state index in [0.717, 1.165) is 4.47 Å². The Balaban J connectivity index is 2.99. The lowest BCUT2D eigenvalue weighted by Gasteiger charge is -1.96. The first-order chi connectivity index (χ1) is 5.24. The minimum atomic E-state index is 1.11. The van der Waals surface area contributed by atoms with Crippen LogP contribution in [0.4, 0.5) is 0 Å². The van der Waals surface area contributed by atoms with Crippen molar-refractivity contribution in [2.75, 3.05) is 0 Å². The summed E-state index contributed by atoms with van der Waals surface area (Å²) in [4.78, 5) is 1.91. The highest BCUT2D eigenvalue weighted by atomic mass is 127. The van der Waals surface area contributed by atoms with Crippen molar-refractivity contribution in [3.8, 4) is 0 Å². The van der Waals surface area contributed by atoms with Crippen LogP contribution in [0.2, 0.25) is 0 Å². The van der Waals surface area contributed by atoms with Gasteiger partial charge in [0.1, 0.15) is 0 Å². The van der Waals surface area contributed by atoms with Crippen molar-refractivity contribution in [1.29, 1.82) is 0 Å². The van der Waals surface area contributed by atoms with E-state index in [2.05, 4.69) is 66.6 Å². The summed E-state index contributed by atoms with van der Waals surface area (Å²) in [5.41, 5.74) is 1.23. The molecule has 1 aromatic rings. The summed E-state index contributed by atoms with van der Waals surface area (Å²) in [6, 6.07) is 8.21. The van der Waals surface area contributed by atoms with Gasteiger partial charge in [-0.25, -0.2) is 0 Å². The van der Waals surface area contributed by atoms with E-state index in [1.807, 2.05) is 17.1 Å². The summed E-state index contributed by atoms with van der Waals surface area (Å²) in [7, 11) is 0. The topological polar surface area (TPSA) is 0 Å². The van der Waals surface area contributed by atoms with E-state index in [9.17, 15) is 0 Å². The molecule has 0 aliphatic rings. The van der Waals surface area contributed by atoms with E-state index in [4.69, 9.17) is 0 Å². The van der Waals surface area contributed by atoms with E-state index in [1.54, 1.807) is 0 Å². The highest BCUT2D eigenvalue weighted by Gasteiger charge is 1.94. The molecule has 0 spiro atoms. The summed E-state index contributed by atoms with van der Waals surface area (Å²) < 4.78 is 2.31. The van der Waals surface area contributed by atoms with Gasteiger partial charge in [-0.2, -0.15) is 0 Å². The summed E-state index contributed by atoms with van der Waals surface area (Å²) >= 11 is 8.95. The summed E-state index contributed by atoms with van der Waals surface area (Å²) in [6.07, 6.45) is 0. The third-order valence-corrected chi connectivity index (χ3v) is 3.99. The van der Waals surface area contributed by atoms with Crippen LogP contribution in [0.25, 0.3) is 3.58 Å². The molecule has 0 unspecified atom stereocenters. The van der Waals surface area contributed by atoms with Crippen molar-refractivity contribution >= 4 is 58.0 Å². The Kier molecular flexibility index (Phi) is 4.09. The molecule has 0 amide bonds. The average molecular weight is 388 g/mol. The lowest BCUT2D eigenvalue weighted by atomic mass is 10.2. The molecule has 0 aliphatic carbocycles. The maximum absolute atomic E-state index is 3.38. The monoisotopic (exact) mass is 386 g/mol. The maximum Gasteiger partial charge on any atom is 0.0271 e. The maximum atomic E-state index is 3.38. The van der Waals surface area contributed by atoms with Gasteiger partial charge in [-0.05, 0) is 45.3 Å². The Morgan fingerprint density at radius 1 is 1.27 bits per heavy atom. The second kappa shape index (κ2) is 4.62. The van der Waals surface area contributed by atoms with Crippen molar-refractivity contribution in [3.63, 3.8) is 0 Å². The highest BCUT2D eigenvalue weighted by Crippen LogP contribution is 2.24. The van der Waals surface area contributed by atoms with Crippen LogP contribution in [-0.4, -0.2) is 0 Å². The van der Waals surface area contributed by atoms with Crippen LogP contribution in [0, 0.1) is 0 Å². The Bertz CT molecular complexity index is 264. The van der Waals surface area contributed by atoms with Gasteiger partial charge in [0.25, 0.3) is 0 Å². The fourth-order valence-electron chi connectivity index (χ4n) is 0.672. The third-order valence-electron chi connectivity index (χ3n) is 1.22. The normalized spacial score (nSPS) is 11.7. The Labute approximate surface area is 96.5 Å². The van der Waals surface area contributed by atoms with Gasteiger partial charge in [0.05, 0.1) is 0 Å². The molecule has 0 bridgehead atoms. The molecule has 0 radical (unpaired) electrons. The van der Waals surface area contributed by atoms with Crippen LogP contribution in [0.15, 0.2) is 33.7 Å². The fourth-order valence-corrected chi connectivity index (χ4v) is 1.56. The molecule has 0 atom stereocenters. The smallest absolute Gasteiger partial charge is 0.0271 e. The summed E-state index contributed by atoms with van der Waals surface area (Å²) in [6.45, 7) is 0. The van der Waals surface area contributed by atoms with Crippen LogP contribution in [-0.2, 0) is 0 Å². The predicted octanol–water partition coefficient (Wildman–Crippen LogP) is 4.58. The zero-order valence-corrected chi connectivity index (χ0v) is 10.9. The van der Waals surface area contributed by atoms with E-state index in [1.165, 1.54) is 9.14 Å². The molecule has 11 heavy (non-hydrogen) atoms. The number of rotatable bonds is 1. The largest absolute Gasteiger partial charge is 0.0583 e. The van der Waals surface area contributed by atoms with Crippen molar-refractivity contribution in [3.05, 3.63) is 39.3 Å². The molecule has 0 heterocycles. The van der Waals surface area contributed by atoms with Crippen LogP contribution in [0.3, 0.4) is 0 Å². The van der Waals surface area contributed by atoms with Gasteiger partial charge in [-0.15, -0.1) is 0 Å². The molecule has 1 rings (SSSR count). The third kappa shape index (κ3) is 2.87. The van der Waals surface area contributed by atoms with Crippen LogP contribution in [0.1, 0.15) is 5.56 Å². The molecule has 0 N–H and O–H groups in total. The molecule has 0 nitrogen and oxygen atoms in total. The lowest BCUT2D eigenvalue weighted by Crippen LogP contribution is -1.73. The van der Waals surface area contributed by atoms with Gasteiger partial charge in [0, 0.05) is 8.05 Å². The van der Waals surface area contributed by atoms with E-state index in [-0.39, 0.29) is 0 Å². The molecule has 0 fully saturated rings. The van der Waals surface area contributed by atoms with Gasteiger partial charge in [0.15, 0.2) is 0 Å². The molecule has 58 valence electrons. The van der Waals surface area contributed by atoms with Gasteiger partial charge in [-0.1, -0.05) is 44.0 Å². The first-order valence-corrected chi connectivity index (χ1v) is 5.74. The molecule has 0 saturated heterocycles. The number of halogens is 3. The van der Waals surface area contributed by atoms with Gasteiger partial charge < -0.3 is 0 Å². The Morgan fingerprint density at radius 3 is 2.27 bits per heavy atom. The van der Waals surface area contributed by atoms with Crippen molar-refractivity contribution < 1.29 is 0 Å². The summed E-state index contributed by atoms with van der Waals surface area (Å²) in [5.74, 6) is 0. The molecule has 0 aliphatic heterocycles. The van der Waals surface area contributed by atoms with Gasteiger partial charge in [-0.3, -0.25) is 0 Å². The molecular formula is C8H5Br2I. The quantitative estimate of drug-likeness (QED) is 0.619. The predicted molar refractivity (Wildman–Crippen MR) is 65.1 cm³/mol. The zero-order valence-electron chi connectivity index (χ0n) is 5.52. The molecule has 1 aromatic carbocycles. The standard InChI is InChI=1S/C8H5Br2I/c9-5-8(11)6-1-3-7(10)4-2-6/h1-5H/b8-5-. The first-order valence-electron chi connectivity index (χ1n) is 2.96. The average Bonchev–Trinajstić information content (AvgIpc) is 2.05. The minimum Gasteiger partial charge on any atom is -0.0583 e. The van der Waals surface area contributed by atoms with Crippen molar-refractivity contribution in [2.24, 2.45) is 0 Å². The number of hydrogen-bond acceptors (Lipinski definition) is 0. The lowest BCUT2D eigenvalue weighted by molar-refractivity contribution is 1.61. The summed E-state index contributed by atoms with van der Waals surface area (Å²) in [5, 5.41) is 0. The first kappa shape index (κ1) is 9.74. The van der Waals surface area contributed by atoms with Crippen molar-refractivity contribution in [2.45, 2.75) is 0 Å². The minimum absolute atomic E-state index is 1.11. The zero-order chi connectivity index (χ0) is 8.27. The second-order valence-corrected chi connectivity index (χ2v) is 4.50. The second-order valence-electron chi connectivity index (χ2n) is 1.96. The number of hydrogen-bond donors (Lipinski definition) is 0. The number of benzene rings is 1.